The van der Waals surface area contributed by atoms with Crippen LogP contribution in [0.1, 0.15) is 24.5 Å². The highest BCUT2D eigenvalue weighted by Crippen LogP contribution is 2.14. The van der Waals surface area contributed by atoms with Crippen LogP contribution in [-0.4, -0.2) is 61.1 Å². The van der Waals surface area contributed by atoms with Crippen LogP contribution >= 0.6 is 0 Å². The van der Waals surface area contributed by atoms with Crippen LogP contribution in [0, 0.1) is 13.8 Å². The number of aryl methyl sites for hydroxylation is 2. The Balaban J connectivity index is 1.72. The van der Waals surface area contributed by atoms with E-state index in [0.717, 1.165) is 5.69 Å². The minimum absolute atomic E-state index is 0.120. The standard InChI is InChI=1S/C18H27N3O3/c1-4-24-18(23)21-11-9-20(10-12-21)17(22)7-8-19-16-6-5-14(2)15(3)13-16/h5-6,13,19H,4,7-12H2,1-3H3. The van der Waals surface area contributed by atoms with Gasteiger partial charge >= 0.3 is 6.09 Å². The number of nitrogens with one attached hydrogen (secondary N) is 1. The number of nitrogens with zero attached hydrogens (tertiary/aromatic N) is 2. The lowest BCUT2D eigenvalue weighted by atomic mass is 10.1. The van der Waals surface area contributed by atoms with E-state index >= 15 is 0 Å². The van der Waals surface area contributed by atoms with Gasteiger partial charge in [0, 0.05) is 44.8 Å². The summed E-state index contributed by atoms with van der Waals surface area (Å²) in [4.78, 5) is 27.4. The summed E-state index contributed by atoms with van der Waals surface area (Å²) in [5, 5.41) is 3.29. The number of amides is 2. The number of piperazine rings is 1. The molecule has 6 nitrogen and oxygen atoms in total. The summed E-state index contributed by atoms with van der Waals surface area (Å²) in [7, 11) is 0. The minimum Gasteiger partial charge on any atom is -0.450 e. The van der Waals surface area contributed by atoms with Crippen LogP contribution in [0.25, 0.3) is 0 Å². The van der Waals surface area contributed by atoms with Crippen molar-refractivity contribution in [2.75, 3.05) is 44.6 Å². The second-order valence-electron chi connectivity index (χ2n) is 6.04. The van der Waals surface area contributed by atoms with Gasteiger partial charge in [0.25, 0.3) is 0 Å². The number of ether oxygens (including phenoxy) is 1. The summed E-state index contributed by atoms with van der Waals surface area (Å²) in [6.07, 6.45) is 0.160. The van der Waals surface area contributed by atoms with Crippen molar-refractivity contribution in [3.05, 3.63) is 29.3 Å². The monoisotopic (exact) mass is 333 g/mol. The maximum absolute atomic E-state index is 12.3. The van der Waals surface area contributed by atoms with Crippen LogP contribution in [0.15, 0.2) is 18.2 Å². The summed E-state index contributed by atoms with van der Waals surface area (Å²) < 4.78 is 4.98. The van der Waals surface area contributed by atoms with Gasteiger partial charge in [-0.1, -0.05) is 6.07 Å². The van der Waals surface area contributed by atoms with Gasteiger partial charge in [-0.2, -0.15) is 0 Å². The van der Waals surface area contributed by atoms with Gasteiger partial charge in [0.1, 0.15) is 0 Å². The van der Waals surface area contributed by atoms with E-state index in [2.05, 4.69) is 31.3 Å². The van der Waals surface area contributed by atoms with Gasteiger partial charge in [0.2, 0.25) is 5.91 Å². The molecule has 1 saturated heterocycles. The van der Waals surface area contributed by atoms with Crippen LogP contribution < -0.4 is 5.32 Å². The zero-order chi connectivity index (χ0) is 17.5. The molecule has 0 aliphatic carbocycles. The molecule has 1 fully saturated rings. The highest BCUT2D eigenvalue weighted by atomic mass is 16.6. The van der Waals surface area contributed by atoms with Crippen molar-refractivity contribution in [3.63, 3.8) is 0 Å². The Hall–Kier alpha value is -2.24. The number of benzene rings is 1. The van der Waals surface area contributed by atoms with Crippen molar-refractivity contribution >= 4 is 17.7 Å². The molecular weight excluding hydrogens is 306 g/mol. The van der Waals surface area contributed by atoms with Crippen LogP contribution in [-0.2, 0) is 9.53 Å². The Labute approximate surface area is 143 Å². The SMILES string of the molecule is CCOC(=O)N1CCN(C(=O)CCNc2ccc(C)c(C)c2)CC1. The van der Waals surface area contributed by atoms with E-state index in [4.69, 9.17) is 4.74 Å². The first-order valence-corrected chi connectivity index (χ1v) is 8.52. The Bertz CT molecular complexity index is 581. The quantitative estimate of drug-likeness (QED) is 0.899. The second kappa shape index (κ2) is 8.57. The van der Waals surface area contributed by atoms with E-state index < -0.39 is 0 Å². The summed E-state index contributed by atoms with van der Waals surface area (Å²) >= 11 is 0. The highest BCUT2D eigenvalue weighted by molar-refractivity contribution is 5.77. The third-order valence-corrected chi connectivity index (χ3v) is 4.33. The minimum atomic E-state index is -0.291. The summed E-state index contributed by atoms with van der Waals surface area (Å²) in [5.74, 6) is 0.120. The van der Waals surface area contributed by atoms with Crippen molar-refractivity contribution < 1.29 is 14.3 Å². The van der Waals surface area contributed by atoms with Crippen LogP contribution in [0.5, 0.6) is 0 Å². The van der Waals surface area contributed by atoms with E-state index in [0.29, 0.717) is 45.8 Å². The van der Waals surface area contributed by atoms with E-state index in [1.165, 1.54) is 11.1 Å². The maximum Gasteiger partial charge on any atom is 0.409 e. The summed E-state index contributed by atoms with van der Waals surface area (Å²) in [6.45, 7) is 9.15. The van der Waals surface area contributed by atoms with Crippen LogP contribution in [0.3, 0.4) is 0 Å². The molecule has 132 valence electrons. The zero-order valence-corrected chi connectivity index (χ0v) is 14.8. The molecule has 2 amide bonds. The van der Waals surface area contributed by atoms with E-state index in [9.17, 15) is 9.59 Å². The molecule has 1 aliphatic rings. The number of rotatable bonds is 5. The molecule has 0 saturated carbocycles. The van der Waals surface area contributed by atoms with Gasteiger partial charge in [0.05, 0.1) is 6.61 Å². The van der Waals surface area contributed by atoms with E-state index in [1.54, 1.807) is 11.8 Å². The van der Waals surface area contributed by atoms with Gasteiger partial charge in [-0.3, -0.25) is 4.79 Å². The number of carbonyl (C=O) groups excluding carboxylic acids is 2. The molecule has 0 aromatic heterocycles. The fourth-order valence-corrected chi connectivity index (χ4v) is 2.68. The van der Waals surface area contributed by atoms with Gasteiger partial charge < -0.3 is 19.9 Å². The van der Waals surface area contributed by atoms with Crippen LogP contribution in [0.2, 0.25) is 0 Å². The average molecular weight is 333 g/mol. The highest BCUT2D eigenvalue weighted by Gasteiger charge is 2.24. The molecule has 0 bridgehead atoms. The first-order valence-electron chi connectivity index (χ1n) is 8.52. The molecule has 0 unspecified atom stereocenters. The Morgan fingerprint density at radius 3 is 2.38 bits per heavy atom. The summed E-state index contributed by atoms with van der Waals surface area (Å²) in [6, 6.07) is 6.21. The molecule has 0 radical (unpaired) electrons. The lowest BCUT2D eigenvalue weighted by Crippen LogP contribution is -2.50. The van der Waals surface area contributed by atoms with E-state index in [1.807, 2.05) is 11.0 Å². The summed E-state index contributed by atoms with van der Waals surface area (Å²) in [5.41, 5.74) is 3.54. The maximum atomic E-state index is 12.3. The molecule has 1 aliphatic heterocycles. The smallest absolute Gasteiger partial charge is 0.409 e. The second-order valence-corrected chi connectivity index (χ2v) is 6.04. The average Bonchev–Trinajstić information content (AvgIpc) is 2.58. The fourth-order valence-electron chi connectivity index (χ4n) is 2.68. The van der Waals surface area contributed by atoms with Crippen molar-refractivity contribution in [3.8, 4) is 0 Å². The molecule has 1 aromatic carbocycles. The lowest BCUT2D eigenvalue weighted by Gasteiger charge is -2.34. The number of carbonyl (C=O) groups is 2. The van der Waals surface area contributed by atoms with Gasteiger partial charge in [-0.05, 0) is 44.0 Å². The van der Waals surface area contributed by atoms with Crippen molar-refractivity contribution in [2.45, 2.75) is 27.2 Å². The molecule has 0 atom stereocenters. The van der Waals surface area contributed by atoms with Crippen molar-refractivity contribution in [1.82, 2.24) is 9.80 Å². The lowest BCUT2D eigenvalue weighted by molar-refractivity contribution is -0.132. The number of hydrogen-bond donors (Lipinski definition) is 1. The molecule has 2 rings (SSSR count). The normalized spacial score (nSPS) is 14.5. The van der Waals surface area contributed by atoms with Crippen molar-refractivity contribution in [1.29, 1.82) is 0 Å². The Morgan fingerprint density at radius 1 is 1.08 bits per heavy atom. The topological polar surface area (TPSA) is 61.9 Å². The third kappa shape index (κ3) is 4.88. The molecule has 24 heavy (non-hydrogen) atoms. The van der Waals surface area contributed by atoms with Gasteiger partial charge in [-0.15, -0.1) is 0 Å². The van der Waals surface area contributed by atoms with Crippen LogP contribution in [0.4, 0.5) is 10.5 Å². The predicted octanol–water partition coefficient (Wildman–Crippen LogP) is 2.41. The van der Waals surface area contributed by atoms with Gasteiger partial charge in [0.15, 0.2) is 0 Å². The van der Waals surface area contributed by atoms with Gasteiger partial charge in [-0.25, -0.2) is 4.79 Å². The molecule has 0 spiro atoms. The number of hydrogen-bond acceptors (Lipinski definition) is 4. The Morgan fingerprint density at radius 2 is 1.75 bits per heavy atom. The molecular formula is C18H27N3O3. The molecule has 1 aromatic rings. The van der Waals surface area contributed by atoms with E-state index in [-0.39, 0.29) is 12.0 Å². The molecule has 6 heteroatoms. The zero-order valence-electron chi connectivity index (χ0n) is 14.8. The Kier molecular flexibility index (Phi) is 6.46. The fraction of sp³-hybridized carbons (Fsp3) is 0.556. The largest absolute Gasteiger partial charge is 0.450 e. The third-order valence-electron chi connectivity index (χ3n) is 4.33. The first kappa shape index (κ1) is 18.1. The molecule has 1 N–H and O–H groups in total. The van der Waals surface area contributed by atoms with Crippen molar-refractivity contribution in [2.24, 2.45) is 0 Å². The predicted molar refractivity (Wildman–Crippen MR) is 94.2 cm³/mol. The number of anilines is 1. The first-order chi connectivity index (χ1) is 11.5. The molecule has 1 heterocycles.